The summed E-state index contributed by atoms with van der Waals surface area (Å²) in [6, 6.07) is 73.4. The Kier molecular flexibility index (Phi) is 7.56. The molecule has 10 rings (SSSR count). The van der Waals surface area contributed by atoms with E-state index in [1.165, 1.54) is 77.2 Å². The molecule has 54 heavy (non-hydrogen) atoms. The lowest BCUT2D eigenvalue weighted by Gasteiger charge is -2.28. The zero-order valence-electron chi connectivity index (χ0n) is 30.5. The van der Waals surface area contributed by atoms with Gasteiger partial charge in [-0.15, -0.1) is 0 Å². The fourth-order valence-corrected chi connectivity index (χ4v) is 8.59. The molecule has 0 aliphatic heterocycles. The van der Waals surface area contributed by atoms with Gasteiger partial charge < -0.3 is 4.90 Å². The Labute approximate surface area is 317 Å². The predicted molar refractivity (Wildman–Crippen MR) is 230 cm³/mol. The van der Waals surface area contributed by atoms with Gasteiger partial charge in [0.25, 0.3) is 0 Å². The van der Waals surface area contributed by atoms with Crippen LogP contribution in [0.5, 0.6) is 0 Å². The van der Waals surface area contributed by atoms with Crippen molar-refractivity contribution in [3.05, 3.63) is 211 Å². The van der Waals surface area contributed by atoms with Crippen LogP contribution >= 0.6 is 0 Å². The minimum atomic E-state index is -0.0844. The molecule has 1 aliphatic rings. The van der Waals surface area contributed by atoms with Gasteiger partial charge in [0.15, 0.2) is 0 Å². The molecule has 256 valence electrons. The van der Waals surface area contributed by atoms with Gasteiger partial charge in [0, 0.05) is 22.5 Å². The number of fused-ring (bicyclic) bond motifs is 5. The molecule has 0 heterocycles. The predicted octanol–water partition coefficient (Wildman–Crippen LogP) is 14.8. The Hall–Kier alpha value is -6.70. The highest BCUT2D eigenvalue weighted by Crippen LogP contribution is 2.50. The zero-order valence-corrected chi connectivity index (χ0v) is 30.5. The Morgan fingerprint density at radius 1 is 0.315 bits per heavy atom. The molecule has 0 spiro atoms. The van der Waals surface area contributed by atoms with Gasteiger partial charge in [-0.3, -0.25) is 0 Å². The van der Waals surface area contributed by atoms with Crippen LogP contribution in [0.3, 0.4) is 0 Å². The van der Waals surface area contributed by atoms with Crippen molar-refractivity contribution in [2.24, 2.45) is 0 Å². The molecule has 0 radical (unpaired) electrons. The summed E-state index contributed by atoms with van der Waals surface area (Å²) < 4.78 is 0. The summed E-state index contributed by atoms with van der Waals surface area (Å²) in [6.45, 7) is 4.70. The molecule has 1 heteroatoms. The zero-order chi connectivity index (χ0) is 36.2. The normalized spacial score (nSPS) is 12.8. The number of benzene rings is 9. The Morgan fingerprint density at radius 2 is 0.852 bits per heavy atom. The van der Waals surface area contributed by atoms with E-state index in [-0.39, 0.29) is 5.41 Å². The monoisotopic (exact) mass is 689 g/mol. The minimum Gasteiger partial charge on any atom is -0.310 e. The maximum Gasteiger partial charge on any atom is 0.0465 e. The molecule has 0 unspecified atom stereocenters. The quantitative estimate of drug-likeness (QED) is 0.168. The second-order valence-electron chi connectivity index (χ2n) is 15.0. The fraction of sp³-hybridized carbons (Fsp3) is 0.0566. The van der Waals surface area contributed by atoms with E-state index in [4.69, 9.17) is 0 Å². The third-order valence-electron chi connectivity index (χ3n) is 11.5. The van der Waals surface area contributed by atoms with E-state index in [1.54, 1.807) is 0 Å². The van der Waals surface area contributed by atoms with Crippen molar-refractivity contribution in [1.29, 1.82) is 0 Å². The van der Waals surface area contributed by atoms with E-state index < -0.39 is 0 Å². The lowest BCUT2D eigenvalue weighted by atomic mass is 9.82. The van der Waals surface area contributed by atoms with Crippen LogP contribution in [0.1, 0.15) is 25.0 Å². The van der Waals surface area contributed by atoms with Crippen molar-refractivity contribution >= 4 is 38.6 Å². The first kappa shape index (κ1) is 32.0. The van der Waals surface area contributed by atoms with Crippen molar-refractivity contribution in [2.45, 2.75) is 19.3 Å². The van der Waals surface area contributed by atoms with Crippen LogP contribution in [0, 0.1) is 0 Å². The number of nitrogens with zero attached hydrogens (tertiary/aromatic N) is 1. The Balaban J connectivity index is 1.03. The van der Waals surface area contributed by atoms with E-state index in [0.717, 1.165) is 17.1 Å². The molecule has 1 aliphatic carbocycles. The molecule has 9 aromatic carbocycles. The van der Waals surface area contributed by atoms with Gasteiger partial charge in [0.2, 0.25) is 0 Å². The minimum absolute atomic E-state index is 0.0844. The first-order valence-electron chi connectivity index (χ1n) is 18.8. The van der Waals surface area contributed by atoms with Crippen molar-refractivity contribution in [2.75, 3.05) is 4.90 Å². The number of rotatable bonds is 6. The third-order valence-corrected chi connectivity index (χ3v) is 11.5. The standard InChI is InChI=1S/C53H39N/c1-53(2)51-18-9-8-16-49(51)50-32-30-46(35-52(50)53)54(44-26-21-38(22-27-44)36-11-4-3-5-12-36)45-28-23-39(24-29-45)41-25-31-48-42(34-41)15-10-17-47(48)43-20-19-37-13-6-7-14-40(37)33-43/h3-35H,1-2H3. The maximum atomic E-state index is 2.41. The van der Waals surface area contributed by atoms with E-state index in [9.17, 15) is 0 Å². The molecule has 0 saturated carbocycles. The number of hydrogen-bond acceptors (Lipinski definition) is 1. The van der Waals surface area contributed by atoms with Crippen LogP contribution in [0.15, 0.2) is 200 Å². The average molecular weight is 690 g/mol. The topological polar surface area (TPSA) is 3.24 Å². The smallest absolute Gasteiger partial charge is 0.0465 e. The third kappa shape index (κ3) is 5.40. The highest BCUT2D eigenvalue weighted by Gasteiger charge is 2.35. The fourth-order valence-electron chi connectivity index (χ4n) is 8.59. The average Bonchev–Trinajstić information content (AvgIpc) is 3.46. The van der Waals surface area contributed by atoms with Gasteiger partial charge in [-0.1, -0.05) is 166 Å². The maximum absolute atomic E-state index is 2.41. The molecule has 0 aromatic heterocycles. The summed E-state index contributed by atoms with van der Waals surface area (Å²) in [7, 11) is 0. The van der Waals surface area contributed by atoms with Crippen LogP contribution in [0.2, 0.25) is 0 Å². The van der Waals surface area contributed by atoms with Gasteiger partial charge in [0.05, 0.1) is 0 Å². The lowest BCUT2D eigenvalue weighted by molar-refractivity contribution is 0.660. The molecular formula is C53H39N. The van der Waals surface area contributed by atoms with Crippen molar-refractivity contribution in [3.8, 4) is 44.5 Å². The molecule has 0 bridgehead atoms. The molecule has 1 nitrogen and oxygen atoms in total. The highest BCUT2D eigenvalue weighted by atomic mass is 15.1. The van der Waals surface area contributed by atoms with Crippen molar-refractivity contribution in [3.63, 3.8) is 0 Å². The highest BCUT2D eigenvalue weighted by molar-refractivity contribution is 6.00. The molecule has 0 N–H and O–H groups in total. The Morgan fingerprint density at radius 3 is 1.63 bits per heavy atom. The molecule has 0 saturated heterocycles. The summed E-state index contributed by atoms with van der Waals surface area (Å²) in [5.74, 6) is 0. The largest absolute Gasteiger partial charge is 0.310 e. The SMILES string of the molecule is CC1(C)c2ccccc2-c2ccc(N(c3ccc(-c4ccccc4)cc3)c3ccc(-c4ccc5c(-c6ccc7ccccc7c6)cccc5c4)cc3)cc21. The van der Waals surface area contributed by atoms with Crippen LogP contribution < -0.4 is 4.90 Å². The lowest BCUT2D eigenvalue weighted by Crippen LogP contribution is -2.16. The molecule has 0 fully saturated rings. The van der Waals surface area contributed by atoms with Crippen molar-refractivity contribution < 1.29 is 0 Å². The first-order chi connectivity index (χ1) is 26.5. The summed E-state index contributed by atoms with van der Waals surface area (Å²) >= 11 is 0. The van der Waals surface area contributed by atoms with Gasteiger partial charge in [-0.25, -0.2) is 0 Å². The molecule has 0 atom stereocenters. The second-order valence-corrected chi connectivity index (χ2v) is 15.0. The van der Waals surface area contributed by atoms with Gasteiger partial charge in [-0.05, 0) is 126 Å². The van der Waals surface area contributed by atoms with Crippen LogP contribution in [-0.4, -0.2) is 0 Å². The molecule has 9 aromatic rings. The van der Waals surface area contributed by atoms with Crippen LogP contribution in [0.25, 0.3) is 66.1 Å². The van der Waals surface area contributed by atoms with Gasteiger partial charge in [0.1, 0.15) is 0 Å². The summed E-state index contributed by atoms with van der Waals surface area (Å²) in [5, 5.41) is 5.03. The van der Waals surface area contributed by atoms with E-state index >= 15 is 0 Å². The van der Waals surface area contributed by atoms with Crippen LogP contribution in [0.4, 0.5) is 17.1 Å². The number of anilines is 3. The van der Waals surface area contributed by atoms with Gasteiger partial charge >= 0.3 is 0 Å². The van der Waals surface area contributed by atoms with Gasteiger partial charge in [-0.2, -0.15) is 0 Å². The second kappa shape index (κ2) is 12.8. The van der Waals surface area contributed by atoms with Crippen molar-refractivity contribution in [1.82, 2.24) is 0 Å². The van der Waals surface area contributed by atoms with E-state index in [0.29, 0.717) is 0 Å². The summed E-state index contributed by atoms with van der Waals surface area (Å²) in [4.78, 5) is 2.40. The van der Waals surface area contributed by atoms with E-state index in [1.807, 2.05) is 0 Å². The summed E-state index contributed by atoms with van der Waals surface area (Å²) in [5.41, 5.74) is 16.1. The first-order valence-corrected chi connectivity index (χ1v) is 18.8. The van der Waals surface area contributed by atoms with E-state index in [2.05, 4.69) is 219 Å². The molecule has 0 amide bonds. The summed E-state index contributed by atoms with van der Waals surface area (Å²) in [6.07, 6.45) is 0. The Bertz CT molecular complexity index is 2830. The van der Waals surface area contributed by atoms with Crippen LogP contribution in [-0.2, 0) is 5.41 Å². The molecular weight excluding hydrogens is 651 g/mol. The number of hydrogen-bond donors (Lipinski definition) is 0.